The van der Waals surface area contributed by atoms with E-state index in [0.29, 0.717) is 30.9 Å². The van der Waals surface area contributed by atoms with Crippen molar-refractivity contribution in [2.45, 2.75) is 24.3 Å². The number of aryl methyl sites for hydroxylation is 1. The Morgan fingerprint density at radius 2 is 1.57 bits per heavy atom. The van der Waals surface area contributed by atoms with Gasteiger partial charge < -0.3 is 14.8 Å². The molecule has 152 valence electrons. The van der Waals surface area contributed by atoms with E-state index in [-0.39, 0.29) is 10.8 Å². The normalized spacial score (nSPS) is 11.3. The summed E-state index contributed by atoms with van der Waals surface area (Å²) < 4.78 is 35.7. The van der Waals surface area contributed by atoms with E-state index in [9.17, 15) is 13.2 Å². The van der Waals surface area contributed by atoms with Crippen LogP contribution in [0.25, 0.3) is 0 Å². The van der Waals surface area contributed by atoms with Crippen LogP contribution in [-0.4, -0.2) is 46.9 Å². The summed E-state index contributed by atoms with van der Waals surface area (Å²) in [6.45, 7) is 0.388. The molecule has 1 N–H and O–H groups in total. The zero-order chi connectivity index (χ0) is 20.7. The molecule has 0 heterocycles. The molecule has 0 aliphatic heterocycles. The largest absolute Gasteiger partial charge is 0.493 e. The van der Waals surface area contributed by atoms with E-state index < -0.39 is 10.0 Å². The van der Waals surface area contributed by atoms with Crippen LogP contribution in [0, 0.1) is 0 Å². The van der Waals surface area contributed by atoms with Gasteiger partial charge in [-0.05, 0) is 41.8 Å². The Balaban J connectivity index is 1.87. The van der Waals surface area contributed by atoms with Crippen LogP contribution in [0.2, 0.25) is 0 Å². The molecule has 28 heavy (non-hydrogen) atoms. The smallest absolute Gasteiger partial charge is 0.242 e. The monoisotopic (exact) mass is 406 g/mol. The third-order valence-electron chi connectivity index (χ3n) is 4.28. The Morgan fingerprint density at radius 3 is 2.14 bits per heavy atom. The number of hydrogen-bond donors (Lipinski definition) is 1. The maximum Gasteiger partial charge on any atom is 0.242 e. The summed E-state index contributed by atoms with van der Waals surface area (Å²) >= 11 is 0. The van der Waals surface area contributed by atoms with Gasteiger partial charge in [0.2, 0.25) is 15.9 Å². The minimum Gasteiger partial charge on any atom is -0.493 e. The van der Waals surface area contributed by atoms with Crippen LogP contribution in [0.3, 0.4) is 0 Å². The second-order valence-corrected chi connectivity index (χ2v) is 8.55. The van der Waals surface area contributed by atoms with Crippen LogP contribution in [0.4, 0.5) is 0 Å². The van der Waals surface area contributed by atoms with Crippen LogP contribution < -0.4 is 14.8 Å². The second-order valence-electron chi connectivity index (χ2n) is 6.40. The van der Waals surface area contributed by atoms with Gasteiger partial charge >= 0.3 is 0 Å². The second kappa shape index (κ2) is 9.57. The van der Waals surface area contributed by atoms with Gasteiger partial charge in [0.05, 0.1) is 19.1 Å². The van der Waals surface area contributed by atoms with Crippen molar-refractivity contribution < 1.29 is 22.7 Å². The molecule has 0 aliphatic carbocycles. The summed E-state index contributed by atoms with van der Waals surface area (Å²) in [5.74, 6) is 1.17. The molecule has 0 atom stereocenters. The molecule has 0 radical (unpaired) electrons. The van der Waals surface area contributed by atoms with Gasteiger partial charge in [-0.15, -0.1) is 0 Å². The van der Waals surface area contributed by atoms with E-state index in [1.807, 2.05) is 12.1 Å². The number of hydrogen-bond acceptors (Lipinski definition) is 5. The number of sulfonamides is 1. The summed E-state index contributed by atoms with van der Waals surface area (Å²) in [4.78, 5) is 12.3. The first-order valence-electron chi connectivity index (χ1n) is 8.77. The maximum absolute atomic E-state index is 12.1. The van der Waals surface area contributed by atoms with Crippen molar-refractivity contribution in [1.29, 1.82) is 0 Å². The molecule has 2 aromatic rings. The number of carbonyl (C=O) groups is 1. The van der Waals surface area contributed by atoms with Gasteiger partial charge in [-0.25, -0.2) is 12.7 Å². The average molecular weight is 407 g/mol. The molecule has 0 aromatic heterocycles. The van der Waals surface area contributed by atoms with Crippen molar-refractivity contribution in [3.63, 3.8) is 0 Å². The van der Waals surface area contributed by atoms with Crippen molar-refractivity contribution in [1.82, 2.24) is 9.62 Å². The maximum atomic E-state index is 12.1. The zero-order valence-corrected chi connectivity index (χ0v) is 17.4. The van der Waals surface area contributed by atoms with Gasteiger partial charge in [-0.2, -0.15) is 0 Å². The van der Waals surface area contributed by atoms with E-state index in [1.165, 1.54) is 18.4 Å². The van der Waals surface area contributed by atoms with Crippen molar-refractivity contribution >= 4 is 15.9 Å². The van der Waals surface area contributed by atoms with Crippen LogP contribution in [0.15, 0.2) is 47.4 Å². The Hall–Kier alpha value is -2.58. The number of rotatable bonds is 9. The molecule has 1 amide bonds. The molecule has 0 spiro atoms. The van der Waals surface area contributed by atoms with Crippen molar-refractivity contribution in [2.75, 3.05) is 28.3 Å². The highest BCUT2D eigenvalue weighted by Crippen LogP contribution is 2.27. The zero-order valence-electron chi connectivity index (χ0n) is 16.6. The summed E-state index contributed by atoms with van der Waals surface area (Å²) in [6, 6.07) is 12.1. The third kappa shape index (κ3) is 5.46. The summed E-state index contributed by atoms with van der Waals surface area (Å²) in [5.41, 5.74) is 1.81. The van der Waals surface area contributed by atoms with Crippen molar-refractivity contribution in [3.05, 3.63) is 53.6 Å². The van der Waals surface area contributed by atoms with E-state index in [2.05, 4.69) is 5.32 Å². The fourth-order valence-electron chi connectivity index (χ4n) is 2.58. The minimum absolute atomic E-state index is 0.0835. The minimum atomic E-state index is -3.44. The molecule has 2 rings (SSSR count). The van der Waals surface area contributed by atoms with Crippen LogP contribution in [0.5, 0.6) is 11.5 Å². The van der Waals surface area contributed by atoms with Crippen LogP contribution in [-0.2, 0) is 27.8 Å². The number of nitrogens with zero attached hydrogens (tertiary/aromatic N) is 1. The van der Waals surface area contributed by atoms with Gasteiger partial charge in [0, 0.05) is 27.1 Å². The standard InChI is InChI=1S/C20H26N2O5S/c1-22(2)28(24,25)17-9-5-15(6-10-17)8-12-20(23)21-14-16-7-11-18(26-3)19(13-16)27-4/h5-7,9-11,13H,8,12,14H2,1-4H3,(H,21,23). The van der Waals surface area contributed by atoms with Gasteiger partial charge in [-0.1, -0.05) is 18.2 Å². The lowest BCUT2D eigenvalue weighted by Gasteiger charge is -2.12. The topological polar surface area (TPSA) is 84.9 Å². The highest BCUT2D eigenvalue weighted by atomic mass is 32.2. The molecule has 0 saturated heterocycles. The summed E-state index contributed by atoms with van der Waals surface area (Å²) in [6.07, 6.45) is 0.840. The number of benzene rings is 2. The third-order valence-corrected chi connectivity index (χ3v) is 6.11. The lowest BCUT2D eigenvalue weighted by Crippen LogP contribution is -2.23. The van der Waals surface area contributed by atoms with E-state index >= 15 is 0 Å². The Kier molecular flexibility index (Phi) is 7.42. The number of ether oxygens (including phenoxy) is 2. The highest BCUT2D eigenvalue weighted by Gasteiger charge is 2.16. The first-order chi connectivity index (χ1) is 13.3. The molecule has 0 bridgehead atoms. The molecule has 0 aliphatic rings. The Morgan fingerprint density at radius 1 is 0.964 bits per heavy atom. The van der Waals surface area contributed by atoms with Crippen LogP contribution >= 0.6 is 0 Å². The van der Waals surface area contributed by atoms with Crippen LogP contribution in [0.1, 0.15) is 17.5 Å². The number of nitrogens with one attached hydrogen (secondary N) is 1. The lowest BCUT2D eigenvalue weighted by atomic mass is 10.1. The first-order valence-corrected chi connectivity index (χ1v) is 10.2. The molecule has 7 nitrogen and oxygen atoms in total. The molecule has 0 saturated carbocycles. The molecule has 2 aromatic carbocycles. The number of methoxy groups -OCH3 is 2. The highest BCUT2D eigenvalue weighted by molar-refractivity contribution is 7.89. The quantitative estimate of drug-likeness (QED) is 0.690. The predicted molar refractivity (Wildman–Crippen MR) is 107 cm³/mol. The van der Waals surface area contributed by atoms with Gasteiger partial charge in [0.1, 0.15) is 0 Å². The average Bonchev–Trinajstić information content (AvgIpc) is 2.70. The first kappa shape index (κ1) is 21.7. The summed E-state index contributed by atoms with van der Waals surface area (Å²) in [7, 11) is 2.68. The number of amides is 1. The van der Waals surface area contributed by atoms with Crippen molar-refractivity contribution in [2.24, 2.45) is 0 Å². The molecular formula is C20H26N2O5S. The summed E-state index contributed by atoms with van der Waals surface area (Å²) in [5, 5.41) is 2.87. The predicted octanol–water partition coefficient (Wildman–Crippen LogP) is 2.20. The Bertz CT molecular complexity index is 909. The lowest BCUT2D eigenvalue weighted by molar-refractivity contribution is -0.121. The Labute approximate surface area is 166 Å². The number of carbonyl (C=O) groups excluding carboxylic acids is 1. The SMILES string of the molecule is COc1ccc(CNC(=O)CCc2ccc(S(=O)(=O)N(C)C)cc2)cc1OC. The van der Waals surface area contributed by atoms with Gasteiger partial charge in [-0.3, -0.25) is 4.79 Å². The fourth-order valence-corrected chi connectivity index (χ4v) is 3.48. The van der Waals surface area contributed by atoms with Gasteiger partial charge in [0.15, 0.2) is 11.5 Å². The van der Waals surface area contributed by atoms with E-state index in [1.54, 1.807) is 44.6 Å². The molecular weight excluding hydrogens is 380 g/mol. The van der Waals surface area contributed by atoms with Gasteiger partial charge in [0.25, 0.3) is 0 Å². The fraction of sp³-hybridized carbons (Fsp3) is 0.350. The van der Waals surface area contributed by atoms with Crippen molar-refractivity contribution in [3.8, 4) is 11.5 Å². The molecule has 0 unspecified atom stereocenters. The van der Waals surface area contributed by atoms with E-state index in [0.717, 1.165) is 11.1 Å². The van der Waals surface area contributed by atoms with E-state index in [4.69, 9.17) is 9.47 Å². The molecule has 8 heteroatoms. The molecule has 0 fully saturated rings.